The van der Waals surface area contributed by atoms with Crippen LogP contribution in [0.5, 0.6) is 0 Å². The van der Waals surface area contributed by atoms with Gasteiger partial charge in [-0.3, -0.25) is 4.68 Å². The van der Waals surface area contributed by atoms with E-state index in [0.717, 1.165) is 21.3 Å². The van der Waals surface area contributed by atoms with E-state index in [-0.39, 0.29) is 0 Å². The Morgan fingerprint density at radius 1 is 1.05 bits per heavy atom. The number of halogens is 1. The van der Waals surface area contributed by atoms with Crippen LogP contribution in [0.15, 0.2) is 65.4 Å². The average molecular weight is 328 g/mol. The van der Waals surface area contributed by atoms with Gasteiger partial charge in [-0.25, -0.2) is 0 Å². The van der Waals surface area contributed by atoms with Crippen LogP contribution in [0.2, 0.25) is 0 Å². The standard InChI is InChI=1S/C16H14BrN3/c17-15-7-6-12(8-16(15)18)10-20-11-14(9-19-20)13-4-2-1-3-5-13/h1-9,11H,10,18H2. The van der Waals surface area contributed by atoms with Crippen LogP contribution in [0.25, 0.3) is 11.1 Å². The minimum atomic E-state index is 0.713. The lowest BCUT2D eigenvalue weighted by molar-refractivity contribution is 0.687. The molecular formula is C16H14BrN3. The zero-order valence-corrected chi connectivity index (χ0v) is 12.4. The molecule has 100 valence electrons. The molecule has 0 atom stereocenters. The molecule has 0 unspecified atom stereocenters. The van der Waals surface area contributed by atoms with Gasteiger partial charge >= 0.3 is 0 Å². The Kier molecular flexibility index (Phi) is 3.56. The normalized spacial score (nSPS) is 10.7. The van der Waals surface area contributed by atoms with E-state index in [4.69, 9.17) is 5.73 Å². The minimum absolute atomic E-state index is 0.713. The van der Waals surface area contributed by atoms with E-state index in [9.17, 15) is 0 Å². The molecule has 4 heteroatoms. The molecule has 0 aliphatic heterocycles. The van der Waals surface area contributed by atoms with Gasteiger partial charge in [0.2, 0.25) is 0 Å². The maximum absolute atomic E-state index is 5.89. The average Bonchev–Trinajstić information content (AvgIpc) is 2.92. The van der Waals surface area contributed by atoms with Crippen LogP contribution >= 0.6 is 15.9 Å². The monoisotopic (exact) mass is 327 g/mol. The van der Waals surface area contributed by atoms with Crippen LogP contribution in [-0.4, -0.2) is 9.78 Å². The van der Waals surface area contributed by atoms with Crippen molar-refractivity contribution in [1.82, 2.24) is 9.78 Å². The molecule has 1 heterocycles. The molecule has 3 nitrogen and oxygen atoms in total. The Labute approximate surface area is 126 Å². The van der Waals surface area contributed by atoms with Crippen LogP contribution in [0.4, 0.5) is 5.69 Å². The number of anilines is 1. The molecule has 3 rings (SSSR count). The quantitative estimate of drug-likeness (QED) is 0.740. The topological polar surface area (TPSA) is 43.8 Å². The van der Waals surface area contributed by atoms with E-state index in [2.05, 4.69) is 33.2 Å². The van der Waals surface area contributed by atoms with E-state index in [1.54, 1.807) is 0 Å². The molecule has 0 spiro atoms. The first-order valence-corrected chi connectivity index (χ1v) is 7.13. The zero-order valence-electron chi connectivity index (χ0n) is 10.8. The Hall–Kier alpha value is -2.07. The Balaban J connectivity index is 1.82. The third kappa shape index (κ3) is 2.75. The summed E-state index contributed by atoms with van der Waals surface area (Å²) < 4.78 is 2.84. The first-order valence-electron chi connectivity index (χ1n) is 6.34. The number of nitrogen functional groups attached to an aromatic ring is 1. The molecule has 0 aliphatic rings. The molecule has 0 bridgehead atoms. The fourth-order valence-corrected chi connectivity index (χ4v) is 2.35. The van der Waals surface area contributed by atoms with Crippen molar-refractivity contribution in [2.24, 2.45) is 0 Å². The molecule has 0 fully saturated rings. The van der Waals surface area contributed by atoms with Gasteiger partial charge in [0.15, 0.2) is 0 Å². The number of benzene rings is 2. The van der Waals surface area contributed by atoms with Crippen molar-refractivity contribution in [2.75, 3.05) is 5.73 Å². The first kappa shape index (κ1) is 12.9. The number of nitrogens with zero attached hydrogens (tertiary/aromatic N) is 2. The van der Waals surface area contributed by atoms with E-state index >= 15 is 0 Å². The molecule has 1 aromatic heterocycles. The summed E-state index contributed by atoms with van der Waals surface area (Å²) in [6, 6.07) is 16.2. The SMILES string of the molecule is Nc1cc(Cn2cc(-c3ccccc3)cn2)ccc1Br. The Morgan fingerprint density at radius 2 is 1.85 bits per heavy atom. The second-order valence-electron chi connectivity index (χ2n) is 4.65. The van der Waals surface area contributed by atoms with Crippen LogP contribution in [0.3, 0.4) is 0 Å². The molecule has 3 aromatic rings. The van der Waals surface area contributed by atoms with Crippen molar-refractivity contribution >= 4 is 21.6 Å². The van der Waals surface area contributed by atoms with Gasteiger partial charge in [0.1, 0.15) is 0 Å². The number of rotatable bonds is 3. The maximum Gasteiger partial charge on any atom is 0.0660 e. The van der Waals surface area contributed by atoms with Crippen molar-refractivity contribution in [2.45, 2.75) is 6.54 Å². The number of hydrogen-bond donors (Lipinski definition) is 1. The van der Waals surface area contributed by atoms with Crippen LogP contribution in [0, 0.1) is 0 Å². The van der Waals surface area contributed by atoms with E-state index in [0.29, 0.717) is 6.54 Å². The third-order valence-corrected chi connectivity index (χ3v) is 3.87. The minimum Gasteiger partial charge on any atom is -0.398 e. The molecule has 0 aliphatic carbocycles. The molecule has 0 amide bonds. The smallest absolute Gasteiger partial charge is 0.0660 e. The lowest BCUT2D eigenvalue weighted by atomic mass is 10.1. The molecule has 0 saturated carbocycles. The molecule has 2 aromatic carbocycles. The van der Waals surface area contributed by atoms with Gasteiger partial charge in [-0.05, 0) is 39.2 Å². The predicted octanol–water partition coefficient (Wildman–Crippen LogP) is 3.94. The van der Waals surface area contributed by atoms with Gasteiger partial charge in [-0.1, -0.05) is 36.4 Å². The van der Waals surface area contributed by atoms with Gasteiger partial charge in [0.05, 0.1) is 12.7 Å². The molecule has 20 heavy (non-hydrogen) atoms. The second-order valence-corrected chi connectivity index (χ2v) is 5.50. The van der Waals surface area contributed by atoms with Crippen LogP contribution < -0.4 is 5.73 Å². The maximum atomic E-state index is 5.89. The summed E-state index contributed by atoms with van der Waals surface area (Å²) in [6.07, 6.45) is 3.94. The highest BCUT2D eigenvalue weighted by molar-refractivity contribution is 9.10. The Bertz CT molecular complexity index is 720. The summed E-state index contributed by atoms with van der Waals surface area (Å²) in [4.78, 5) is 0. The predicted molar refractivity (Wildman–Crippen MR) is 85.3 cm³/mol. The zero-order chi connectivity index (χ0) is 13.9. The Morgan fingerprint density at radius 3 is 2.60 bits per heavy atom. The van der Waals surface area contributed by atoms with Gasteiger partial charge in [-0.15, -0.1) is 0 Å². The van der Waals surface area contributed by atoms with Crippen molar-refractivity contribution in [1.29, 1.82) is 0 Å². The highest BCUT2D eigenvalue weighted by Crippen LogP contribution is 2.22. The summed E-state index contributed by atoms with van der Waals surface area (Å²) >= 11 is 3.40. The lowest BCUT2D eigenvalue weighted by Gasteiger charge is -2.04. The number of aromatic nitrogens is 2. The fraction of sp³-hybridized carbons (Fsp3) is 0.0625. The molecule has 0 saturated heterocycles. The number of nitrogens with two attached hydrogens (primary N) is 1. The largest absolute Gasteiger partial charge is 0.398 e. The van der Waals surface area contributed by atoms with Gasteiger partial charge in [0, 0.05) is 21.9 Å². The molecule has 0 radical (unpaired) electrons. The van der Waals surface area contributed by atoms with Crippen LogP contribution in [0.1, 0.15) is 5.56 Å². The second kappa shape index (κ2) is 5.51. The third-order valence-electron chi connectivity index (χ3n) is 3.15. The van der Waals surface area contributed by atoms with E-state index in [1.807, 2.05) is 53.5 Å². The highest BCUT2D eigenvalue weighted by atomic mass is 79.9. The lowest BCUT2D eigenvalue weighted by Crippen LogP contribution is -2.00. The summed E-state index contributed by atoms with van der Waals surface area (Å²) in [5, 5.41) is 4.40. The fourth-order valence-electron chi connectivity index (χ4n) is 2.11. The van der Waals surface area contributed by atoms with Gasteiger partial charge < -0.3 is 5.73 Å². The van der Waals surface area contributed by atoms with Crippen molar-refractivity contribution < 1.29 is 0 Å². The van der Waals surface area contributed by atoms with E-state index < -0.39 is 0 Å². The van der Waals surface area contributed by atoms with E-state index in [1.165, 1.54) is 5.56 Å². The van der Waals surface area contributed by atoms with Crippen molar-refractivity contribution in [3.05, 3.63) is 71.0 Å². The first-order chi connectivity index (χ1) is 9.72. The van der Waals surface area contributed by atoms with Crippen molar-refractivity contribution in [3.63, 3.8) is 0 Å². The highest BCUT2D eigenvalue weighted by Gasteiger charge is 2.03. The summed E-state index contributed by atoms with van der Waals surface area (Å²) in [5.41, 5.74) is 10.1. The van der Waals surface area contributed by atoms with Crippen molar-refractivity contribution in [3.8, 4) is 11.1 Å². The van der Waals surface area contributed by atoms with Gasteiger partial charge in [0.25, 0.3) is 0 Å². The molecule has 2 N–H and O–H groups in total. The summed E-state index contributed by atoms with van der Waals surface area (Å²) in [6.45, 7) is 0.713. The number of hydrogen-bond acceptors (Lipinski definition) is 2. The van der Waals surface area contributed by atoms with Crippen LogP contribution in [-0.2, 0) is 6.54 Å². The molecular weight excluding hydrogens is 314 g/mol. The summed E-state index contributed by atoms with van der Waals surface area (Å²) in [5.74, 6) is 0. The summed E-state index contributed by atoms with van der Waals surface area (Å²) in [7, 11) is 0. The van der Waals surface area contributed by atoms with Gasteiger partial charge in [-0.2, -0.15) is 5.10 Å².